The minimum absolute atomic E-state index is 0.173. The molecule has 0 aromatic heterocycles. The van der Waals surface area contributed by atoms with Gasteiger partial charge < -0.3 is 39.4 Å². The topological polar surface area (TPSA) is 127 Å². The number of nitrogens with one attached hydrogen (secondary N) is 1. The molecular weight excluding hydrogens is 917 g/mol. The molecular formula is C52H79BrN2O8Si2. The maximum absolute atomic E-state index is 11.9. The van der Waals surface area contributed by atoms with E-state index in [0.29, 0.717) is 10.1 Å². The van der Waals surface area contributed by atoms with Crippen LogP contribution in [-0.4, -0.2) is 105 Å². The first-order valence-corrected chi connectivity index (χ1v) is 29.5. The van der Waals surface area contributed by atoms with Gasteiger partial charge in [0, 0.05) is 66.8 Å². The third-order valence-corrected chi connectivity index (χ3v) is 18.8. The van der Waals surface area contributed by atoms with Crippen LogP contribution in [0.4, 0.5) is 5.69 Å². The minimum Gasteiger partial charge on any atom is -0.459 e. The molecule has 0 bridgehead atoms. The van der Waals surface area contributed by atoms with Crippen LogP contribution in [-0.2, 0) is 54.6 Å². The standard InChI is InChI=1S/C20H23NO4.C16H15BrO3.2C6H16Si.C4H9NO/c22-19(20(23)25-15-17-4-2-1-3-5-17)14-16-6-8-18(9-7-16)21-10-12-24-13-11-21;17-14-8-6-12(7-9-14)10-15(18)16(19)20-11-13-4-2-1-3-5-13;2*1-6(2,3)7(4)5;1-3-6-4-2-5-1/h1-9,19,22H,10-15H2;1-9,15,18H,10-11H2;2*7H,1-5H3;5H,1-4H2/t19-;15-;;;/m11.../s1. The summed E-state index contributed by atoms with van der Waals surface area (Å²) in [6.07, 6.45) is -1.80. The van der Waals surface area contributed by atoms with E-state index in [-0.39, 0.29) is 43.6 Å². The van der Waals surface area contributed by atoms with Crippen LogP contribution in [0.1, 0.15) is 63.8 Å². The van der Waals surface area contributed by atoms with E-state index in [9.17, 15) is 19.8 Å². The van der Waals surface area contributed by atoms with Crippen molar-refractivity contribution >= 4 is 51.1 Å². The Morgan fingerprint density at radius 2 is 0.954 bits per heavy atom. The Hall–Kier alpha value is -3.67. The van der Waals surface area contributed by atoms with E-state index in [1.54, 1.807) is 0 Å². The van der Waals surface area contributed by atoms with Crippen molar-refractivity contribution in [3.8, 4) is 0 Å². The molecule has 0 amide bonds. The predicted molar refractivity (Wildman–Crippen MR) is 276 cm³/mol. The van der Waals surface area contributed by atoms with Gasteiger partial charge in [0.1, 0.15) is 13.2 Å². The molecule has 2 heterocycles. The number of esters is 2. The largest absolute Gasteiger partial charge is 0.459 e. The number of aliphatic hydroxyl groups excluding tert-OH is 2. The lowest BCUT2D eigenvalue weighted by atomic mass is 10.1. The Balaban J connectivity index is 0.000000319. The molecule has 10 nitrogen and oxygen atoms in total. The maximum atomic E-state index is 11.9. The smallest absolute Gasteiger partial charge is 0.335 e. The third kappa shape index (κ3) is 26.3. The molecule has 2 aliphatic rings. The van der Waals surface area contributed by atoms with Gasteiger partial charge in [-0.15, -0.1) is 0 Å². The maximum Gasteiger partial charge on any atom is 0.335 e. The molecule has 2 atom stereocenters. The van der Waals surface area contributed by atoms with Crippen LogP contribution in [0.25, 0.3) is 0 Å². The number of ether oxygens (including phenoxy) is 4. The quantitative estimate of drug-likeness (QED) is 0.0989. The lowest BCUT2D eigenvalue weighted by molar-refractivity contribution is -0.155. The molecule has 0 aliphatic carbocycles. The molecule has 3 N–H and O–H groups in total. The molecule has 0 radical (unpaired) electrons. The van der Waals surface area contributed by atoms with E-state index < -0.39 is 24.1 Å². The van der Waals surface area contributed by atoms with Crippen LogP contribution in [0, 0.1) is 0 Å². The van der Waals surface area contributed by atoms with Crippen molar-refractivity contribution in [1.82, 2.24) is 5.32 Å². The van der Waals surface area contributed by atoms with E-state index in [0.717, 1.165) is 85.0 Å². The molecule has 0 unspecified atom stereocenters. The highest BCUT2D eigenvalue weighted by molar-refractivity contribution is 9.10. The first-order chi connectivity index (χ1) is 30.8. The number of halogens is 1. The molecule has 2 saturated heterocycles. The van der Waals surface area contributed by atoms with Gasteiger partial charge in [0.15, 0.2) is 12.2 Å². The second-order valence-electron chi connectivity index (χ2n) is 18.9. The number of aliphatic hydroxyl groups is 2. The zero-order chi connectivity index (χ0) is 48.3. The Bertz CT molecular complexity index is 1820. The van der Waals surface area contributed by atoms with E-state index >= 15 is 0 Å². The third-order valence-electron chi connectivity index (χ3n) is 11.4. The van der Waals surface area contributed by atoms with Crippen molar-refractivity contribution in [3.05, 3.63) is 136 Å². The molecule has 4 aromatic carbocycles. The number of rotatable bonds is 11. The van der Waals surface area contributed by atoms with Crippen LogP contribution < -0.4 is 10.2 Å². The highest BCUT2D eigenvalue weighted by Crippen LogP contribution is 2.26. The number of benzene rings is 4. The second kappa shape index (κ2) is 31.3. The number of carbonyl (C=O) groups excluding carboxylic acids is 2. The molecule has 6 rings (SSSR count). The van der Waals surface area contributed by atoms with Crippen LogP contribution in [0.3, 0.4) is 0 Å². The van der Waals surface area contributed by atoms with Crippen molar-refractivity contribution in [2.24, 2.45) is 0 Å². The van der Waals surface area contributed by atoms with E-state index in [2.05, 4.69) is 93.9 Å². The van der Waals surface area contributed by atoms with Crippen molar-refractivity contribution in [3.63, 3.8) is 0 Å². The monoisotopic (exact) mass is 994 g/mol. The summed E-state index contributed by atoms with van der Waals surface area (Å²) in [6.45, 7) is 30.9. The summed E-state index contributed by atoms with van der Waals surface area (Å²) >= 11 is 3.34. The zero-order valence-electron chi connectivity index (χ0n) is 40.9. The fourth-order valence-corrected chi connectivity index (χ4v) is 5.33. The summed E-state index contributed by atoms with van der Waals surface area (Å²) in [4.78, 5) is 25.9. The molecule has 4 aromatic rings. The van der Waals surface area contributed by atoms with Gasteiger partial charge in [-0.05, 0) is 56.6 Å². The fraction of sp³-hybridized carbons (Fsp3) is 0.500. The van der Waals surface area contributed by atoms with Crippen molar-refractivity contribution < 1.29 is 38.7 Å². The van der Waals surface area contributed by atoms with Gasteiger partial charge in [0.05, 0.1) is 26.4 Å². The van der Waals surface area contributed by atoms with Crippen LogP contribution >= 0.6 is 15.9 Å². The van der Waals surface area contributed by atoms with Gasteiger partial charge in [-0.3, -0.25) is 0 Å². The zero-order valence-corrected chi connectivity index (χ0v) is 44.8. The predicted octanol–water partition coefficient (Wildman–Crippen LogP) is 9.42. The summed E-state index contributed by atoms with van der Waals surface area (Å²) in [5, 5.41) is 24.3. The average molecular weight is 996 g/mol. The van der Waals surface area contributed by atoms with Gasteiger partial charge in [-0.1, -0.05) is 169 Å². The molecule has 0 saturated carbocycles. The number of hydrogen-bond donors (Lipinski definition) is 3. The van der Waals surface area contributed by atoms with Gasteiger partial charge in [0.25, 0.3) is 0 Å². The number of hydrogen-bond acceptors (Lipinski definition) is 10. The molecule has 2 aliphatic heterocycles. The molecule has 2 fully saturated rings. The number of anilines is 1. The normalized spacial score (nSPS) is 14.7. The fourth-order valence-electron chi connectivity index (χ4n) is 5.06. The van der Waals surface area contributed by atoms with E-state index in [4.69, 9.17) is 18.9 Å². The van der Waals surface area contributed by atoms with Crippen molar-refractivity contribution in [2.45, 2.75) is 116 Å². The summed E-state index contributed by atoms with van der Waals surface area (Å²) in [5.41, 5.74) is 4.72. The summed E-state index contributed by atoms with van der Waals surface area (Å²) < 4.78 is 21.6. The molecule has 0 spiro atoms. The molecule has 65 heavy (non-hydrogen) atoms. The first kappa shape index (κ1) is 57.5. The second-order valence-corrected chi connectivity index (χ2v) is 27.9. The summed E-state index contributed by atoms with van der Waals surface area (Å²) in [6, 6.07) is 34.2. The summed E-state index contributed by atoms with van der Waals surface area (Å²) in [7, 11) is -0.718. The molecule has 360 valence electrons. The lowest BCUT2D eigenvalue weighted by Crippen LogP contribution is -2.36. The highest BCUT2D eigenvalue weighted by atomic mass is 79.9. The Kier molecular flexibility index (Phi) is 27.7. The van der Waals surface area contributed by atoms with Crippen LogP contribution in [0.2, 0.25) is 36.3 Å². The number of nitrogens with zero attached hydrogens (tertiary/aromatic N) is 1. The Labute approximate surface area is 402 Å². The van der Waals surface area contributed by atoms with E-state index in [1.165, 1.54) is 0 Å². The molecule has 13 heteroatoms. The Morgan fingerprint density at radius 3 is 1.28 bits per heavy atom. The van der Waals surface area contributed by atoms with Gasteiger partial charge in [-0.2, -0.15) is 0 Å². The minimum atomic E-state index is -1.15. The number of carbonyl (C=O) groups is 2. The number of morpholine rings is 2. The van der Waals surface area contributed by atoms with Crippen molar-refractivity contribution in [2.75, 3.05) is 57.5 Å². The van der Waals surface area contributed by atoms with Gasteiger partial charge >= 0.3 is 11.9 Å². The average Bonchev–Trinajstić information content (AvgIpc) is 3.30. The van der Waals surface area contributed by atoms with Gasteiger partial charge in [0.2, 0.25) is 0 Å². The summed E-state index contributed by atoms with van der Waals surface area (Å²) in [5.74, 6) is -1.20. The van der Waals surface area contributed by atoms with Crippen molar-refractivity contribution in [1.29, 1.82) is 0 Å². The van der Waals surface area contributed by atoms with Crippen LogP contribution in [0.5, 0.6) is 0 Å². The first-order valence-electron chi connectivity index (χ1n) is 23.0. The van der Waals surface area contributed by atoms with Crippen LogP contribution in [0.15, 0.2) is 114 Å². The van der Waals surface area contributed by atoms with Gasteiger partial charge in [-0.25, -0.2) is 9.59 Å². The lowest BCUT2D eigenvalue weighted by Gasteiger charge is -2.29. The highest BCUT2D eigenvalue weighted by Gasteiger charge is 2.20. The Morgan fingerprint density at radius 1 is 0.600 bits per heavy atom. The SMILES string of the molecule is C1COCCN1.C[SiH](C)C(C)(C)C.C[SiH](C)C(C)(C)C.O=C(OCc1ccccc1)[C@H](O)Cc1ccc(Br)cc1.O=C(OCc1ccccc1)[C@H](O)Cc1ccc(N2CCOCC2)cc1. The van der Waals surface area contributed by atoms with E-state index in [1.807, 2.05) is 109 Å².